The Labute approximate surface area is 243 Å². The SMILES string of the molecule is CC(NC(=O)OC(C)(C)C)C(=O)O.NC(Cc1ccccc1)C(=O)O.O=C(Nc1ccc([N+](=O)[O-])cc1)[C@@H]1CCCN1. The first-order valence-electron chi connectivity index (χ1n) is 13.1. The number of ether oxygens (including phenoxy) is 1. The van der Waals surface area contributed by atoms with Crippen molar-refractivity contribution >= 4 is 35.3 Å². The first-order chi connectivity index (χ1) is 19.6. The molecule has 3 atom stereocenters. The minimum atomic E-state index is -1.09. The number of benzene rings is 2. The number of carbonyl (C=O) groups is 4. The zero-order valence-corrected chi connectivity index (χ0v) is 24.0. The Kier molecular flexibility index (Phi) is 14.6. The molecular formula is C28H39N5O9. The molecule has 0 radical (unpaired) electrons. The summed E-state index contributed by atoms with van der Waals surface area (Å²) < 4.78 is 4.85. The lowest BCUT2D eigenvalue weighted by atomic mass is 10.1. The number of carboxylic acids is 2. The van der Waals surface area contributed by atoms with Crippen LogP contribution in [0.15, 0.2) is 54.6 Å². The summed E-state index contributed by atoms with van der Waals surface area (Å²) >= 11 is 0. The van der Waals surface area contributed by atoms with Gasteiger partial charge in [0.15, 0.2) is 0 Å². The van der Waals surface area contributed by atoms with Gasteiger partial charge in [-0.25, -0.2) is 4.79 Å². The number of nitro benzene ring substituents is 1. The van der Waals surface area contributed by atoms with E-state index in [9.17, 15) is 29.3 Å². The highest BCUT2D eigenvalue weighted by atomic mass is 16.6. The molecule has 1 saturated heterocycles. The van der Waals surface area contributed by atoms with Crippen molar-refractivity contribution in [2.75, 3.05) is 11.9 Å². The summed E-state index contributed by atoms with van der Waals surface area (Å²) in [6.07, 6.45) is 1.50. The largest absolute Gasteiger partial charge is 0.480 e. The van der Waals surface area contributed by atoms with Crippen LogP contribution in [0.2, 0.25) is 0 Å². The fourth-order valence-corrected chi connectivity index (χ4v) is 3.31. The van der Waals surface area contributed by atoms with Crippen LogP contribution in [0, 0.1) is 10.1 Å². The molecule has 230 valence electrons. The van der Waals surface area contributed by atoms with Crippen molar-refractivity contribution in [3.05, 3.63) is 70.3 Å². The number of carboxylic acid groups (broad SMARTS) is 2. The average Bonchev–Trinajstić information content (AvgIpc) is 3.44. The number of nitro groups is 1. The van der Waals surface area contributed by atoms with Crippen molar-refractivity contribution in [1.82, 2.24) is 10.6 Å². The van der Waals surface area contributed by atoms with Gasteiger partial charge >= 0.3 is 18.0 Å². The topological polar surface area (TPSA) is 223 Å². The standard InChI is InChI=1S/C11H13N3O3.C9H11NO2.C8H15NO4/c15-11(10-2-1-7-12-10)13-8-3-5-9(6-4-8)14(16)17;10-8(9(11)12)6-7-4-2-1-3-5-7;1-5(6(10)11)9-7(12)13-8(2,3)4/h3-6,10,12H,1-2,7H2,(H,13,15);1-5,8H,6,10H2,(H,11,12);5H,1-4H3,(H,9,12)(H,10,11)/t10-;;/m0../s1. The number of anilines is 1. The summed E-state index contributed by atoms with van der Waals surface area (Å²) in [5.41, 5.74) is 6.29. The first kappa shape index (κ1) is 35.5. The van der Waals surface area contributed by atoms with Crippen molar-refractivity contribution in [3.63, 3.8) is 0 Å². The highest BCUT2D eigenvalue weighted by Crippen LogP contribution is 2.16. The molecule has 0 bridgehead atoms. The maximum atomic E-state index is 11.7. The van der Waals surface area contributed by atoms with Gasteiger partial charge in [0.25, 0.3) is 5.69 Å². The number of nitrogens with two attached hydrogens (primary N) is 1. The van der Waals surface area contributed by atoms with E-state index in [-0.39, 0.29) is 17.6 Å². The molecule has 1 fully saturated rings. The third-order valence-electron chi connectivity index (χ3n) is 5.44. The molecule has 0 saturated carbocycles. The highest BCUT2D eigenvalue weighted by Gasteiger charge is 2.22. The third kappa shape index (κ3) is 14.7. The van der Waals surface area contributed by atoms with Gasteiger partial charge in [-0.2, -0.15) is 0 Å². The Balaban J connectivity index is 0.000000322. The number of rotatable bonds is 8. The Bertz CT molecular complexity index is 1180. The average molecular weight is 590 g/mol. The Hall–Kier alpha value is -4.56. The lowest BCUT2D eigenvalue weighted by molar-refractivity contribution is -0.384. The van der Waals surface area contributed by atoms with Crippen molar-refractivity contribution in [1.29, 1.82) is 0 Å². The number of aliphatic carboxylic acids is 2. The first-order valence-corrected chi connectivity index (χ1v) is 13.1. The fraction of sp³-hybridized carbons (Fsp3) is 0.429. The molecule has 3 rings (SSSR count). The van der Waals surface area contributed by atoms with Crippen LogP contribution in [-0.2, 0) is 25.5 Å². The molecule has 7 N–H and O–H groups in total. The molecule has 0 aliphatic carbocycles. The second-order valence-corrected chi connectivity index (χ2v) is 10.3. The van der Waals surface area contributed by atoms with Gasteiger partial charge in [-0.05, 0) is 71.2 Å². The zero-order chi connectivity index (χ0) is 31.9. The maximum Gasteiger partial charge on any atom is 0.408 e. The van der Waals surface area contributed by atoms with Gasteiger partial charge in [-0.1, -0.05) is 30.3 Å². The number of amides is 2. The molecule has 14 nitrogen and oxygen atoms in total. The Morgan fingerprint density at radius 1 is 1.07 bits per heavy atom. The van der Waals surface area contributed by atoms with E-state index in [1.165, 1.54) is 31.2 Å². The molecular weight excluding hydrogens is 550 g/mol. The summed E-state index contributed by atoms with van der Waals surface area (Å²) in [4.78, 5) is 53.4. The summed E-state index contributed by atoms with van der Waals surface area (Å²) in [7, 11) is 0. The van der Waals surface area contributed by atoms with E-state index in [1.54, 1.807) is 20.8 Å². The molecule has 0 aromatic heterocycles. The lowest BCUT2D eigenvalue weighted by Gasteiger charge is -2.20. The number of carbonyl (C=O) groups excluding carboxylic acids is 2. The van der Waals surface area contributed by atoms with E-state index in [2.05, 4.69) is 16.0 Å². The van der Waals surface area contributed by atoms with Crippen molar-refractivity contribution in [3.8, 4) is 0 Å². The monoisotopic (exact) mass is 589 g/mol. The smallest absolute Gasteiger partial charge is 0.408 e. The highest BCUT2D eigenvalue weighted by molar-refractivity contribution is 5.95. The van der Waals surface area contributed by atoms with Crippen LogP contribution in [0.25, 0.3) is 0 Å². The summed E-state index contributed by atoms with van der Waals surface area (Å²) in [6, 6.07) is 13.3. The van der Waals surface area contributed by atoms with Crippen molar-refractivity contribution in [2.45, 2.75) is 70.7 Å². The Morgan fingerprint density at radius 3 is 2.12 bits per heavy atom. The van der Waals surface area contributed by atoms with E-state index in [1.807, 2.05) is 30.3 Å². The van der Waals surface area contributed by atoms with E-state index in [4.69, 9.17) is 20.7 Å². The predicted molar refractivity (Wildman–Crippen MR) is 155 cm³/mol. The van der Waals surface area contributed by atoms with E-state index < -0.39 is 40.6 Å². The van der Waals surface area contributed by atoms with Gasteiger partial charge in [-0.15, -0.1) is 0 Å². The van der Waals surface area contributed by atoms with Gasteiger partial charge in [0, 0.05) is 17.8 Å². The third-order valence-corrected chi connectivity index (χ3v) is 5.44. The molecule has 2 aromatic carbocycles. The van der Waals surface area contributed by atoms with E-state index in [0.29, 0.717) is 12.1 Å². The molecule has 2 aromatic rings. The summed E-state index contributed by atoms with van der Waals surface area (Å²) in [5, 5.41) is 35.4. The van der Waals surface area contributed by atoms with E-state index >= 15 is 0 Å². The Morgan fingerprint density at radius 2 is 1.67 bits per heavy atom. The molecule has 2 amide bonds. The van der Waals surface area contributed by atoms with Gasteiger partial charge in [0.05, 0.1) is 11.0 Å². The van der Waals surface area contributed by atoms with Crippen LogP contribution in [0.1, 0.15) is 46.1 Å². The van der Waals surface area contributed by atoms with Crippen LogP contribution in [0.3, 0.4) is 0 Å². The van der Waals surface area contributed by atoms with Gasteiger partial charge in [0.2, 0.25) is 5.91 Å². The number of non-ortho nitro benzene ring substituents is 1. The number of nitrogens with one attached hydrogen (secondary N) is 3. The normalized spacial score (nSPS) is 15.3. The quantitative estimate of drug-likeness (QED) is 0.194. The van der Waals surface area contributed by atoms with Gasteiger partial charge < -0.3 is 36.6 Å². The number of nitrogens with zero attached hydrogens (tertiary/aromatic N) is 1. The van der Waals surface area contributed by atoms with Crippen LogP contribution in [0.5, 0.6) is 0 Å². The second kappa shape index (κ2) is 17.3. The van der Waals surface area contributed by atoms with Gasteiger partial charge in [0.1, 0.15) is 17.7 Å². The minimum Gasteiger partial charge on any atom is -0.480 e. The molecule has 42 heavy (non-hydrogen) atoms. The summed E-state index contributed by atoms with van der Waals surface area (Å²) in [5.74, 6) is -2.14. The second-order valence-electron chi connectivity index (χ2n) is 10.3. The molecule has 14 heteroatoms. The van der Waals surface area contributed by atoms with Gasteiger partial charge in [-0.3, -0.25) is 24.5 Å². The van der Waals surface area contributed by atoms with E-state index in [0.717, 1.165) is 24.9 Å². The van der Waals surface area contributed by atoms with Crippen molar-refractivity contribution in [2.24, 2.45) is 5.73 Å². The minimum absolute atomic E-state index is 0.0157. The molecule has 1 aliphatic rings. The number of hydrogen-bond acceptors (Lipinski definition) is 9. The van der Waals surface area contributed by atoms with Crippen molar-refractivity contribution < 1.29 is 39.1 Å². The lowest BCUT2D eigenvalue weighted by Crippen LogP contribution is -2.41. The molecule has 1 aliphatic heterocycles. The van der Waals surface area contributed by atoms with Crippen LogP contribution in [0.4, 0.5) is 16.2 Å². The summed E-state index contributed by atoms with van der Waals surface area (Å²) in [6.45, 7) is 7.35. The molecule has 2 unspecified atom stereocenters. The van der Waals surface area contributed by atoms with Crippen LogP contribution in [-0.4, -0.2) is 69.3 Å². The van der Waals surface area contributed by atoms with Crippen LogP contribution >= 0.6 is 0 Å². The van der Waals surface area contributed by atoms with Crippen LogP contribution < -0.4 is 21.7 Å². The zero-order valence-electron chi connectivity index (χ0n) is 24.0. The maximum absolute atomic E-state index is 11.7. The predicted octanol–water partition coefficient (Wildman–Crippen LogP) is 2.91. The number of alkyl carbamates (subject to hydrolysis) is 1. The number of hydrogen-bond donors (Lipinski definition) is 6. The molecule has 0 spiro atoms. The molecule has 1 heterocycles. The fourth-order valence-electron chi connectivity index (χ4n) is 3.31.